The minimum Gasteiger partial charge on any atom is -0.492 e. The fraction of sp³-hybridized carbons (Fsp3) is 0.286. The first-order valence-electron chi connectivity index (χ1n) is 11.7. The fourth-order valence-electron chi connectivity index (χ4n) is 4.04. The summed E-state index contributed by atoms with van der Waals surface area (Å²) >= 11 is 6.26. The number of aliphatic carboxylic acids is 1. The molecule has 35 heavy (non-hydrogen) atoms. The van der Waals surface area contributed by atoms with E-state index >= 15 is 0 Å². The molecule has 6 nitrogen and oxygen atoms in total. The van der Waals surface area contributed by atoms with Crippen LogP contribution in [0.3, 0.4) is 0 Å². The van der Waals surface area contributed by atoms with Gasteiger partial charge in [0.05, 0.1) is 24.2 Å². The molecule has 4 aromatic rings. The van der Waals surface area contributed by atoms with Crippen LogP contribution in [0.15, 0.2) is 65.2 Å². The number of carboxylic acid groups (broad SMARTS) is 1. The molecule has 0 aliphatic rings. The van der Waals surface area contributed by atoms with E-state index < -0.39 is 5.97 Å². The fourth-order valence-corrected chi connectivity index (χ4v) is 4.30. The summed E-state index contributed by atoms with van der Waals surface area (Å²) in [5, 5.41) is 14.7. The molecule has 7 heteroatoms. The molecule has 0 saturated heterocycles. The molecule has 1 N–H and O–H groups in total. The van der Waals surface area contributed by atoms with Crippen molar-refractivity contribution in [1.82, 2.24) is 5.16 Å². The topological polar surface area (TPSA) is 81.8 Å². The Morgan fingerprint density at radius 2 is 1.94 bits per heavy atom. The Balaban J connectivity index is 1.44. The molecular formula is C28H28ClNO5. The molecule has 0 spiro atoms. The normalized spacial score (nSPS) is 12.0. The Morgan fingerprint density at radius 3 is 2.71 bits per heavy atom. The van der Waals surface area contributed by atoms with E-state index in [1.165, 1.54) is 0 Å². The number of carbonyl (C=O) groups is 1. The van der Waals surface area contributed by atoms with E-state index in [4.69, 9.17) is 30.7 Å². The lowest BCUT2D eigenvalue weighted by Crippen LogP contribution is -2.17. The van der Waals surface area contributed by atoms with E-state index in [2.05, 4.69) is 18.1 Å². The van der Waals surface area contributed by atoms with Crippen LogP contribution in [0.1, 0.15) is 37.8 Å². The van der Waals surface area contributed by atoms with Crippen molar-refractivity contribution in [3.05, 3.63) is 76.8 Å². The maximum absolute atomic E-state index is 10.9. The number of fused-ring (bicyclic) bond motifs is 1. The molecular weight excluding hydrogens is 466 g/mol. The zero-order valence-corrected chi connectivity index (χ0v) is 20.5. The van der Waals surface area contributed by atoms with Crippen molar-refractivity contribution in [3.8, 4) is 22.8 Å². The van der Waals surface area contributed by atoms with Gasteiger partial charge in [-0.05, 0) is 49.2 Å². The highest BCUT2D eigenvalue weighted by Crippen LogP contribution is 2.36. The third-order valence-corrected chi connectivity index (χ3v) is 6.02. The first kappa shape index (κ1) is 24.6. The molecule has 1 atom stereocenters. The predicted molar refractivity (Wildman–Crippen MR) is 136 cm³/mol. The van der Waals surface area contributed by atoms with Crippen molar-refractivity contribution in [2.45, 2.75) is 45.6 Å². The van der Waals surface area contributed by atoms with Gasteiger partial charge in [0.1, 0.15) is 17.2 Å². The summed E-state index contributed by atoms with van der Waals surface area (Å²) < 4.78 is 17.7. The van der Waals surface area contributed by atoms with Gasteiger partial charge in [0.15, 0.2) is 5.58 Å². The number of nitrogens with zero attached hydrogens (tertiary/aromatic N) is 1. The Bertz CT molecular complexity index is 1320. The van der Waals surface area contributed by atoms with Crippen LogP contribution in [-0.2, 0) is 17.6 Å². The number of ether oxygens (including phenoxy) is 2. The number of hydrogen-bond donors (Lipinski definition) is 1. The largest absolute Gasteiger partial charge is 0.492 e. The number of hydrogen-bond acceptors (Lipinski definition) is 5. The highest BCUT2D eigenvalue weighted by molar-refractivity contribution is 6.32. The molecule has 0 saturated carbocycles. The summed E-state index contributed by atoms with van der Waals surface area (Å²) in [7, 11) is 0. The van der Waals surface area contributed by atoms with Gasteiger partial charge in [-0.15, -0.1) is 0 Å². The van der Waals surface area contributed by atoms with Crippen LogP contribution in [0.5, 0.6) is 11.5 Å². The molecule has 1 unspecified atom stereocenters. The molecule has 3 aromatic carbocycles. The summed E-state index contributed by atoms with van der Waals surface area (Å²) in [6, 6.07) is 18.9. The van der Waals surface area contributed by atoms with Crippen LogP contribution >= 0.6 is 11.6 Å². The second-order valence-electron chi connectivity index (χ2n) is 8.46. The second kappa shape index (κ2) is 11.3. The van der Waals surface area contributed by atoms with Crippen LogP contribution in [0.2, 0.25) is 5.02 Å². The van der Waals surface area contributed by atoms with E-state index in [9.17, 15) is 4.79 Å². The van der Waals surface area contributed by atoms with Gasteiger partial charge in [0.25, 0.3) is 0 Å². The quantitative estimate of drug-likeness (QED) is 0.243. The number of halogens is 1. The van der Waals surface area contributed by atoms with Gasteiger partial charge in [-0.1, -0.05) is 60.4 Å². The van der Waals surface area contributed by atoms with Crippen molar-refractivity contribution in [3.63, 3.8) is 0 Å². The summed E-state index contributed by atoms with van der Waals surface area (Å²) in [5.74, 6) is 0.462. The maximum atomic E-state index is 10.9. The lowest BCUT2D eigenvalue weighted by atomic mass is 9.97. The van der Waals surface area contributed by atoms with E-state index in [0.717, 1.165) is 46.4 Å². The molecule has 1 heterocycles. The van der Waals surface area contributed by atoms with E-state index in [0.29, 0.717) is 29.4 Å². The van der Waals surface area contributed by atoms with Crippen molar-refractivity contribution in [1.29, 1.82) is 0 Å². The van der Waals surface area contributed by atoms with Gasteiger partial charge < -0.3 is 19.1 Å². The summed E-state index contributed by atoms with van der Waals surface area (Å²) in [6.07, 6.45) is 2.30. The Labute approximate surface area is 209 Å². The summed E-state index contributed by atoms with van der Waals surface area (Å²) in [5.41, 5.74) is 4.35. The molecule has 0 aliphatic heterocycles. The number of rotatable bonds is 11. The van der Waals surface area contributed by atoms with E-state index in [-0.39, 0.29) is 12.5 Å². The Hall–Kier alpha value is -3.51. The molecule has 0 radical (unpaired) electrons. The van der Waals surface area contributed by atoms with Gasteiger partial charge in [0, 0.05) is 22.9 Å². The highest BCUT2D eigenvalue weighted by Gasteiger charge is 2.18. The van der Waals surface area contributed by atoms with Gasteiger partial charge in [-0.3, -0.25) is 4.79 Å². The standard InChI is InChI=1S/C28H28ClNO5/c1-3-7-20-21(28-22-8-4-5-10-25(22)35-30-28)9-6-11-24(20)34-18(2)14-15-33-26-13-12-19(16-23(26)29)17-27(31)32/h4-6,8-13,16,18H,3,7,14-15,17H2,1-2H3,(H,31,32). The van der Waals surface area contributed by atoms with E-state index in [1.807, 2.05) is 43.3 Å². The van der Waals surface area contributed by atoms with Crippen LogP contribution in [0.25, 0.3) is 22.2 Å². The molecule has 0 amide bonds. The van der Waals surface area contributed by atoms with Crippen molar-refractivity contribution in [2.24, 2.45) is 0 Å². The van der Waals surface area contributed by atoms with E-state index in [1.54, 1.807) is 18.2 Å². The monoisotopic (exact) mass is 493 g/mol. The van der Waals surface area contributed by atoms with Gasteiger partial charge in [-0.25, -0.2) is 0 Å². The third-order valence-electron chi connectivity index (χ3n) is 5.73. The SMILES string of the molecule is CCCc1c(OC(C)CCOc2ccc(CC(=O)O)cc2Cl)cccc1-c1noc2ccccc12. The zero-order chi connectivity index (χ0) is 24.8. The maximum Gasteiger partial charge on any atom is 0.307 e. The summed E-state index contributed by atoms with van der Waals surface area (Å²) in [4.78, 5) is 10.9. The number of carboxylic acids is 1. The van der Waals surface area contributed by atoms with Crippen molar-refractivity contribution >= 4 is 28.5 Å². The molecule has 182 valence electrons. The van der Waals surface area contributed by atoms with Crippen LogP contribution in [0, 0.1) is 0 Å². The van der Waals surface area contributed by atoms with Crippen molar-refractivity contribution < 1.29 is 23.9 Å². The molecule has 1 aromatic heterocycles. The van der Waals surface area contributed by atoms with Crippen LogP contribution in [0.4, 0.5) is 0 Å². The number of aromatic nitrogens is 1. The van der Waals surface area contributed by atoms with Gasteiger partial charge >= 0.3 is 5.97 Å². The smallest absolute Gasteiger partial charge is 0.307 e. The Kier molecular flexibility index (Phi) is 7.93. The predicted octanol–water partition coefficient (Wildman–Crippen LogP) is 6.96. The lowest BCUT2D eigenvalue weighted by molar-refractivity contribution is -0.136. The molecule has 0 fully saturated rings. The average Bonchev–Trinajstić information content (AvgIpc) is 3.25. The Morgan fingerprint density at radius 1 is 1.11 bits per heavy atom. The van der Waals surface area contributed by atoms with Gasteiger partial charge in [0.2, 0.25) is 0 Å². The second-order valence-corrected chi connectivity index (χ2v) is 8.87. The zero-order valence-electron chi connectivity index (χ0n) is 19.8. The first-order chi connectivity index (χ1) is 17.0. The number of para-hydroxylation sites is 1. The number of benzene rings is 3. The minimum atomic E-state index is -0.899. The minimum absolute atomic E-state index is 0.0752. The average molecular weight is 494 g/mol. The van der Waals surface area contributed by atoms with Crippen LogP contribution in [-0.4, -0.2) is 28.9 Å². The van der Waals surface area contributed by atoms with Crippen molar-refractivity contribution in [2.75, 3.05) is 6.61 Å². The third kappa shape index (κ3) is 5.95. The summed E-state index contributed by atoms with van der Waals surface area (Å²) in [6.45, 7) is 4.56. The highest BCUT2D eigenvalue weighted by atomic mass is 35.5. The first-order valence-corrected chi connectivity index (χ1v) is 12.1. The molecule has 4 rings (SSSR count). The lowest BCUT2D eigenvalue weighted by Gasteiger charge is -2.19. The van der Waals surface area contributed by atoms with Gasteiger partial charge in [-0.2, -0.15) is 0 Å². The molecule has 0 aliphatic carbocycles. The molecule has 0 bridgehead atoms. The van der Waals surface area contributed by atoms with Crippen LogP contribution < -0.4 is 9.47 Å².